The van der Waals surface area contributed by atoms with Crippen molar-refractivity contribution in [3.63, 3.8) is 0 Å². The van der Waals surface area contributed by atoms with E-state index >= 15 is 0 Å². The molecule has 1 amide bonds. The lowest BCUT2D eigenvalue weighted by atomic mass is 10.2. The molecule has 10 heteroatoms. The van der Waals surface area contributed by atoms with Crippen molar-refractivity contribution in [2.45, 2.75) is 4.90 Å². The van der Waals surface area contributed by atoms with Gasteiger partial charge in [-0.15, -0.1) is 0 Å². The number of ether oxygens (including phenoxy) is 1. The number of para-hydroxylation sites is 1. The molecule has 0 aliphatic carbocycles. The smallest absolute Gasteiger partial charge is 0.243 e. The number of hydrogen-bond acceptors (Lipinski definition) is 7. The molecule has 8 nitrogen and oxygen atoms in total. The zero-order valence-electron chi connectivity index (χ0n) is 17.4. The molecule has 0 atom stereocenters. The van der Waals surface area contributed by atoms with Crippen LogP contribution in [-0.4, -0.2) is 37.2 Å². The first-order chi connectivity index (χ1) is 15.8. The number of nitrogens with zero attached hydrogens (tertiary/aromatic N) is 3. The lowest BCUT2D eigenvalue weighted by Gasteiger charge is -2.16. The minimum Gasteiger partial charge on any atom is -0.457 e. The van der Waals surface area contributed by atoms with Crippen molar-refractivity contribution >= 4 is 42.6 Å². The van der Waals surface area contributed by atoms with Gasteiger partial charge in [-0.1, -0.05) is 29.5 Å². The van der Waals surface area contributed by atoms with Crippen LogP contribution >= 0.6 is 11.3 Å². The van der Waals surface area contributed by atoms with Crippen molar-refractivity contribution in [1.29, 1.82) is 5.26 Å². The number of benzene rings is 3. The second-order valence-electron chi connectivity index (χ2n) is 7.01. The summed E-state index contributed by atoms with van der Waals surface area (Å²) in [7, 11) is -2.56. The molecule has 0 saturated carbocycles. The number of aromatic nitrogens is 1. The molecule has 3 aromatic carbocycles. The molecular weight excluding hydrogens is 460 g/mol. The Morgan fingerprint density at radius 2 is 1.82 bits per heavy atom. The summed E-state index contributed by atoms with van der Waals surface area (Å²) in [6.07, 6.45) is 0. The van der Waals surface area contributed by atoms with Gasteiger partial charge in [-0.3, -0.25) is 4.79 Å². The number of nitrogens with one attached hydrogen (secondary N) is 1. The zero-order chi connectivity index (χ0) is 23.4. The van der Waals surface area contributed by atoms with Crippen LogP contribution in [0.25, 0.3) is 10.2 Å². The second-order valence-corrected chi connectivity index (χ2v) is 10.1. The fourth-order valence-corrected chi connectivity index (χ4v) is 5.01. The third-order valence-electron chi connectivity index (χ3n) is 4.64. The summed E-state index contributed by atoms with van der Waals surface area (Å²) >= 11 is 1.26. The molecule has 166 valence electrons. The zero-order valence-corrected chi connectivity index (χ0v) is 19.1. The number of carbonyl (C=O) groups excluding carboxylic acids is 1. The molecular formula is C23H18N4O4S2. The molecule has 0 radical (unpaired) electrons. The van der Waals surface area contributed by atoms with Crippen LogP contribution in [0.4, 0.5) is 5.13 Å². The Hall–Kier alpha value is -3.78. The number of anilines is 1. The van der Waals surface area contributed by atoms with Crippen molar-refractivity contribution < 1.29 is 17.9 Å². The number of likely N-dealkylation sites (N-methyl/N-ethyl adjacent to an activating group) is 1. The number of rotatable bonds is 7. The summed E-state index contributed by atoms with van der Waals surface area (Å²) in [5, 5.41) is 11.9. The van der Waals surface area contributed by atoms with Crippen LogP contribution in [-0.2, 0) is 14.8 Å². The van der Waals surface area contributed by atoms with E-state index in [0.717, 1.165) is 9.01 Å². The average molecular weight is 479 g/mol. The monoisotopic (exact) mass is 478 g/mol. The predicted octanol–water partition coefficient (Wildman–Crippen LogP) is 4.22. The van der Waals surface area contributed by atoms with Crippen LogP contribution in [0.2, 0.25) is 0 Å². The molecule has 0 bridgehead atoms. The van der Waals surface area contributed by atoms with Gasteiger partial charge in [-0.25, -0.2) is 13.4 Å². The number of thiazole rings is 1. The van der Waals surface area contributed by atoms with E-state index < -0.39 is 15.9 Å². The molecule has 0 fully saturated rings. The molecule has 0 aliphatic heterocycles. The third-order valence-corrected chi connectivity index (χ3v) is 7.39. The van der Waals surface area contributed by atoms with E-state index in [2.05, 4.69) is 10.3 Å². The standard InChI is InChI=1S/C23H18N4O4S2/c1-27(33(29,30)19-10-7-16(14-24)8-11-19)15-22(28)26-23-25-20-12-9-18(13-21(20)32-23)31-17-5-3-2-4-6-17/h2-13H,15H2,1H3,(H,25,26,28). The van der Waals surface area contributed by atoms with Gasteiger partial charge < -0.3 is 10.1 Å². The highest BCUT2D eigenvalue weighted by atomic mass is 32.2. The molecule has 0 aliphatic rings. The van der Waals surface area contributed by atoms with Crippen LogP contribution in [0.5, 0.6) is 11.5 Å². The molecule has 0 spiro atoms. The summed E-state index contributed by atoms with van der Waals surface area (Å²) in [4.78, 5) is 16.9. The van der Waals surface area contributed by atoms with Gasteiger partial charge in [0.1, 0.15) is 11.5 Å². The average Bonchev–Trinajstić information content (AvgIpc) is 3.21. The maximum absolute atomic E-state index is 12.7. The number of nitriles is 1. The van der Waals surface area contributed by atoms with Gasteiger partial charge in [0, 0.05) is 13.1 Å². The molecule has 0 saturated heterocycles. The fourth-order valence-electron chi connectivity index (χ4n) is 2.97. The molecule has 1 aromatic heterocycles. The molecule has 4 aromatic rings. The number of carbonyl (C=O) groups is 1. The van der Waals surface area contributed by atoms with Crippen molar-refractivity contribution in [2.75, 3.05) is 18.9 Å². The first-order valence-electron chi connectivity index (χ1n) is 9.75. The molecule has 4 rings (SSSR count). The number of fused-ring (bicyclic) bond motifs is 1. The normalized spacial score (nSPS) is 11.3. The molecule has 1 heterocycles. The molecule has 1 N–H and O–H groups in total. The van der Waals surface area contributed by atoms with E-state index in [-0.39, 0.29) is 11.4 Å². The minimum absolute atomic E-state index is 0.00253. The van der Waals surface area contributed by atoms with Gasteiger partial charge in [0.2, 0.25) is 15.9 Å². The topological polar surface area (TPSA) is 112 Å². The van der Waals surface area contributed by atoms with Crippen LogP contribution < -0.4 is 10.1 Å². The first kappa shape index (κ1) is 22.4. The lowest BCUT2D eigenvalue weighted by molar-refractivity contribution is -0.116. The Morgan fingerprint density at radius 1 is 1.09 bits per heavy atom. The molecule has 33 heavy (non-hydrogen) atoms. The number of amides is 1. The van der Waals surface area contributed by atoms with Crippen molar-refractivity contribution in [1.82, 2.24) is 9.29 Å². The maximum Gasteiger partial charge on any atom is 0.243 e. The summed E-state index contributed by atoms with van der Waals surface area (Å²) in [6, 6.07) is 22.2. The van der Waals surface area contributed by atoms with Crippen LogP contribution in [0.3, 0.4) is 0 Å². The summed E-state index contributed by atoms with van der Waals surface area (Å²) in [5.41, 5.74) is 1.04. The Kier molecular flexibility index (Phi) is 6.37. The highest BCUT2D eigenvalue weighted by Crippen LogP contribution is 2.31. The van der Waals surface area contributed by atoms with Gasteiger partial charge in [0.05, 0.1) is 33.3 Å². The summed E-state index contributed by atoms with van der Waals surface area (Å²) < 4.78 is 33.0. The van der Waals surface area contributed by atoms with Crippen molar-refractivity contribution in [3.05, 3.63) is 78.4 Å². The summed E-state index contributed by atoms with van der Waals surface area (Å²) in [5.74, 6) is 0.833. The maximum atomic E-state index is 12.7. The number of hydrogen-bond donors (Lipinski definition) is 1. The van der Waals surface area contributed by atoms with Crippen LogP contribution in [0.15, 0.2) is 77.7 Å². The Labute approximate surface area is 194 Å². The summed E-state index contributed by atoms with van der Waals surface area (Å²) in [6.45, 7) is -0.388. The molecule has 0 unspecified atom stereocenters. The van der Waals surface area contributed by atoms with Crippen molar-refractivity contribution in [3.8, 4) is 17.6 Å². The third kappa shape index (κ3) is 5.18. The highest BCUT2D eigenvalue weighted by Gasteiger charge is 2.23. The Bertz CT molecular complexity index is 1440. The predicted molar refractivity (Wildman–Crippen MR) is 126 cm³/mol. The highest BCUT2D eigenvalue weighted by molar-refractivity contribution is 7.89. The van der Waals surface area contributed by atoms with E-state index in [9.17, 15) is 13.2 Å². The van der Waals surface area contributed by atoms with Gasteiger partial charge in [-0.05, 0) is 48.5 Å². The fraction of sp³-hybridized carbons (Fsp3) is 0.0870. The quantitative estimate of drug-likeness (QED) is 0.426. The second kappa shape index (κ2) is 9.38. The Morgan fingerprint density at radius 3 is 2.52 bits per heavy atom. The van der Waals surface area contributed by atoms with E-state index in [1.54, 1.807) is 12.1 Å². The SMILES string of the molecule is CN(CC(=O)Nc1nc2ccc(Oc3ccccc3)cc2s1)S(=O)(=O)c1ccc(C#N)cc1. The van der Waals surface area contributed by atoms with Gasteiger partial charge in [-0.2, -0.15) is 9.57 Å². The van der Waals surface area contributed by atoms with Gasteiger partial charge >= 0.3 is 0 Å². The van der Waals surface area contributed by atoms with E-state index in [1.165, 1.54) is 42.6 Å². The first-order valence-corrected chi connectivity index (χ1v) is 12.0. The number of sulfonamides is 1. The Balaban J connectivity index is 1.43. The van der Waals surface area contributed by atoms with E-state index in [1.807, 2.05) is 42.5 Å². The van der Waals surface area contributed by atoms with Gasteiger partial charge in [0.25, 0.3) is 0 Å². The lowest BCUT2D eigenvalue weighted by Crippen LogP contribution is -2.34. The van der Waals surface area contributed by atoms with Crippen LogP contribution in [0, 0.1) is 11.3 Å². The minimum atomic E-state index is -3.88. The largest absolute Gasteiger partial charge is 0.457 e. The van der Waals surface area contributed by atoms with E-state index in [0.29, 0.717) is 27.7 Å². The van der Waals surface area contributed by atoms with Crippen molar-refractivity contribution in [2.24, 2.45) is 0 Å². The van der Waals surface area contributed by atoms with Gasteiger partial charge in [0.15, 0.2) is 5.13 Å². The van der Waals surface area contributed by atoms with Crippen LogP contribution in [0.1, 0.15) is 5.56 Å². The van der Waals surface area contributed by atoms with E-state index in [4.69, 9.17) is 10.00 Å².